The van der Waals surface area contributed by atoms with Crippen molar-refractivity contribution < 1.29 is 4.42 Å². The molecule has 10 rings (SSSR count). The van der Waals surface area contributed by atoms with E-state index in [4.69, 9.17) is 4.42 Å². The predicted molar refractivity (Wildman–Crippen MR) is 236 cm³/mol. The van der Waals surface area contributed by atoms with E-state index < -0.39 is 0 Å². The van der Waals surface area contributed by atoms with Crippen LogP contribution < -0.4 is 4.90 Å². The summed E-state index contributed by atoms with van der Waals surface area (Å²) in [5, 5.41) is 3.58. The minimum Gasteiger partial charge on any atom is -0.456 e. The smallest absolute Gasteiger partial charge is 0.135 e. The largest absolute Gasteiger partial charge is 0.456 e. The van der Waals surface area contributed by atoms with Crippen LogP contribution in [-0.4, -0.2) is 0 Å². The molecule has 9 aromatic carbocycles. The number of hydrogen-bond donors (Lipinski definition) is 0. The molecule has 0 saturated carbocycles. The summed E-state index contributed by atoms with van der Waals surface area (Å²) in [5.41, 5.74) is 14.7. The van der Waals surface area contributed by atoms with Crippen molar-refractivity contribution in [2.45, 2.75) is 0 Å². The van der Waals surface area contributed by atoms with E-state index in [-0.39, 0.29) is 0 Å². The van der Waals surface area contributed by atoms with Crippen LogP contribution in [0.4, 0.5) is 17.1 Å². The number of fused-ring (bicyclic) bond motifs is 2. The zero-order valence-corrected chi connectivity index (χ0v) is 30.7. The zero-order chi connectivity index (χ0) is 37.3. The molecule has 1 aromatic heterocycles. The molecule has 0 bridgehead atoms. The molecule has 264 valence electrons. The average molecular weight is 716 g/mol. The molecule has 0 fully saturated rings. The van der Waals surface area contributed by atoms with E-state index in [9.17, 15) is 0 Å². The predicted octanol–water partition coefficient (Wildman–Crippen LogP) is 15.4. The molecule has 1 heterocycles. The molecule has 0 saturated heterocycles. The summed E-state index contributed by atoms with van der Waals surface area (Å²) in [7, 11) is 0. The van der Waals surface area contributed by atoms with Gasteiger partial charge in [0.1, 0.15) is 11.3 Å². The molecule has 0 radical (unpaired) electrons. The van der Waals surface area contributed by atoms with Crippen molar-refractivity contribution in [3.8, 4) is 55.8 Å². The minimum absolute atomic E-state index is 0.849. The first-order valence-electron chi connectivity index (χ1n) is 19.1. The Morgan fingerprint density at radius 3 is 1.45 bits per heavy atom. The summed E-state index contributed by atoms with van der Waals surface area (Å²) >= 11 is 0. The van der Waals surface area contributed by atoms with Crippen LogP contribution >= 0.6 is 0 Å². The third-order valence-corrected chi connectivity index (χ3v) is 10.7. The standard InChI is InChI=1S/C54H37NO/c1-2-14-38(15-3-1)49-22-7-9-24-51(49)52-25-10-8-23-50(52)41-30-34-45(35-31-41)55(46-20-12-19-42(36-46)54-37-43-17-5-11-27-53(43)56-54)44-32-28-40(29-33-44)48-26-13-18-39-16-4-6-21-47(39)48/h1-37H. The van der Waals surface area contributed by atoms with Crippen LogP contribution in [0.5, 0.6) is 0 Å². The first-order valence-corrected chi connectivity index (χ1v) is 19.1. The fraction of sp³-hybridized carbons (Fsp3) is 0. The van der Waals surface area contributed by atoms with Gasteiger partial charge in [-0.2, -0.15) is 0 Å². The lowest BCUT2D eigenvalue weighted by Gasteiger charge is -2.26. The van der Waals surface area contributed by atoms with Gasteiger partial charge in [0.25, 0.3) is 0 Å². The van der Waals surface area contributed by atoms with E-state index in [0.29, 0.717) is 0 Å². The van der Waals surface area contributed by atoms with E-state index >= 15 is 0 Å². The van der Waals surface area contributed by atoms with Crippen LogP contribution in [-0.2, 0) is 0 Å². The summed E-state index contributed by atoms with van der Waals surface area (Å²) < 4.78 is 6.33. The molecule has 10 aromatic rings. The quantitative estimate of drug-likeness (QED) is 0.156. The van der Waals surface area contributed by atoms with Gasteiger partial charge in [-0.3, -0.25) is 0 Å². The Bertz CT molecular complexity index is 2920. The van der Waals surface area contributed by atoms with Gasteiger partial charge < -0.3 is 9.32 Å². The highest BCUT2D eigenvalue weighted by Crippen LogP contribution is 2.42. The van der Waals surface area contributed by atoms with Crippen molar-refractivity contribution in [2.75, 3.05) is 4.90 Å². The number of furan rings is 1. The van der Waals surface area contributed by atoms with Crippen molar-refractivity contribution in [1.29, 1.82) is 0 Å². The van der Waals surface area contributed by atoms with Gasteiger partial charge in [0, 0.05) is 28.0 Å². The molecule has 0 spiro atoms. The molecule has 56 heavy (non-hydrogen) atoms. The van der Waals surface area contributed by atoms with Gasteiger partial charge in [-0.15, -0.1) is 0 Å². The Hall–Kier alpha value is -7.42. The topological polar surface area (TPSA) is 16.4 Å². The second kappa shape index (κ2) is 14.4. The van der Waals surface area contributed by atoms with Gasteiger partial charge >= 0.3 is 0 Å². The fourth-order valence-corrected chi connectivity index (χ4v) is 7.98. The number of para-hydroxylation sites is 1. The van der Waals surface area contributed by atoms with Crippen LogP contribution in [0.15, 0.2) is 229 Å². The van der Waals surface area contributed by atoms with Gasteiger partial charge in [0.05, 0.1) is 0 Å². The maximum Gasteiger partial charge on any atom is 0.135 e. The van der Waals surface area contributed by atoms with Gasteiger partial charge in [-0.05, 0) is 104 Å². The molecule has 0 amide bonds. The minimum atomic E-state index is 0.849. The van der Waals surface area contributed by atoms with Crippen LogP contribution in [0.2, 0.25) is 0 Å². The Morgan fingerprint density at radius 1 is 0.286 bits per heavy atom. The van der Waals surface area contributed by atoms with Gasteiger partial charge in [0.15, 0.2) is 0 Å². The summed E-state index contributed by atoms with van der Waals surface area (Å²) in [4.78, 5) is 2.33. The molecular weight excluding hydrogens is 679 g/mol. The zero-order valence-electron chi connectivity index (χ0n) is 30.7. The normalized spacial score (nSPS) is 11.2. The third kappa shape index (κ3) is 6.24. The maximum atomic E-state index is 6.33. The molecule has 0 N–H and O–H groups in total. The van der Waals surface area contributed by atoms with Crippen molar-refractivity contribution in [1.82, 2.24) is 0 Å². The van der Waals surface area contributed by atoms with Crippen LogP contribution in [0.3, 0.4) is 0 Å². The van der Waals surface area contributed by atoms with Gasteiger partial charge in [-0.1, -0.05) is 176 Å². The summed E-state index contributed by atoms with van der Waals surface area (Å²) in [6.07, 6.45) is 0. The van der Waals surface area contributed by atoms with Crippen molar-refractivity contribution >= 4 is 38.8 Å². The summed E-state index contributed by atoms with van der Waals surface area (Å²) in [5.74, 6) is 0.849. The van der Waals surface area contributed by atoms with E-state index in [2.05, 4.69) is 211 Å². The second-order valence-electron chi connectivity index (χ2n) is 14.1. The second-order valence-corrected chi connectivity index (χ2v) is 14.1. The molecule has 2 nitrogen and oxygen atoms in total. The molecule has 0 unspecified atom stereocenters. The van der Waals surface area contributed by atoms with Gasteiger partial charge in [0.2, 0.25) is 0 Å². The highest BCUT2D eigenvalue weighted by Gasteiger charge is 2.17. The SMILES string of the molecule is c1ccc(-c2ccccc2-c2ccccc2-c2ccc(N(c3ccc(-c4cccc5ccccc45)cc3)c3cccc(-c4cc5ccccc5o4)c3)cc2)cc1. The average Bonchev–Trinajstić information content (AvgIpc) is 3.72. The fourth-order valence-electron chi connectivity index (χ4n) is 7.98. The highest BCUT2D eigenvalue weighted by atomic mass is 16.3. The molecule has 0 atom stereocenters. The van der Waals surface area contributed by atoms with Crippen LogP contribution in [0.1, 0.15) is 0 Å². The van der Waals surface area contributed by atoms with Crippen LogP contribution in [0.25, 0.3) is 77.6 Å². The lowest BCUT2D eigenvalue weighted by atomic mass is 9.89. The number of benzene rings is 9. The Morgan fingerprint density at radius 2 is 0.768 bits per heavy atom. The molecule has 0 aliphatic heterocycles. The van der Waals surface area contributed by atoms with E-state index in [0.717, 1.165) is 44.9 Å². The Balaban J connectivity index is 1.06. The maximum absolute atomic E-state index is 6.33. The third-order valence-electron chi connectivity index (χ3n) is 10.7. The summed E-state index contributed by atoms with van der Waals surface area (Å²) in [6, 6.07) is 80.0. The number of rotatable bonds is 8. The van der Waals surface area contributed by atoms with E-state index in [1.165, 1.54) is 49.7 Å². The number of nitrogens with zero attached hydrogens (tertiary/aromatic N) is 1. The summed E-state index contributed by atoms with van der Waals surface area (Å²) in [6.45, 7) is 0. The number of anilines is 3. The van der Waals surface area contributed by atoms with Crippen molar-refractivity contribution in [2.24, 2.45) is 0 Å². The first-order chi connectivity index (χ1) is 27.8. The highest BCUT2D eigenvalue weighted by molar-refractivity contribution is 5.97. The van der Waals surface area contributed by atoms with Crippen molar-refractivity contribution in [3.05, 3.63) is 224 Å². The molecule has 2 heteroatoms. The first kappa shape index (κ1) is 33.2. The molecular formula is C54H37NO. The van der Waals surface area contributed by atoms with Crippen molar-refractivity contribution in [3.63, 3.8) is 0 Å². The Labute approximate surface area is 327 Å². The lowest BCUT2D eigenvalue weighted by Crippen LogP contribution is -2.10. The van der Waals surface area contributed by atoms with E-state index in [1.54, 1.807) is 0 Å². The van der Waals surface area contributed by atoms with Gasteiger partial charge in [-0.25, -0.2) is 0 Å². The molecule has 0 aliphatic carbocycles. The number of hydrogen-bond acceptors (Lipinski definition) is 2. The van der Waals surface area contributed by atoms with Crippen LogP contribution in [0, 0.1) is 0 Å². The molecule has 0 aliphatic rings. The lowest BCUT2D eigenvalue weighted by molar-refractivity contribution is 0.631. The van der Waals surface area contributed by atoms with E-state index in [1.807, 2.05) is 18.2 Å². The monoisotopic (exact) mass is 715 g/mol. The Kier molecular flexibility index (Phi) is 8.55.